The molecule has 3 rings (SSSR count). The van der Waals surface area contributed by atoms with Gasteiger partial charge in [-0.1, -0.05) is 32.0 Å². The molecule has 3 nitrogen and oxygen atoms in total. The number of ether oxygens (including phenoxy) is 1. The van der Waals surface area contributed by atoms with Crippen LogP contribution in [0.2, 0.25) is 0 Å². The Morgan fingerprint density at radius 3 is 2.60 bits per heavy atom. The molecule has 0 spiro atoms. The number of nitrogens with two attached hydrogens (primary N) is 1. The molecule has 0 aliphatic heterocycles. The van der Waals surface area contributed by atoms with Gasteiger partial charge in [-0.05, 0) is 24.5 Å². The number of hydrogen-bond donors (Lipinski definition) is 1. The van der Waals surface area contributed by atoms with E-state index in [1.807, 2.05) is 25.1 Å². The minimum absolute atomic E-state index is 0.122. The molecule has 3 heteroatoms. The third-order valence-corrected chi connectivity index (χ3v) is 4.56. The Morgan fingerprint density at radius 2 is 1.90 bits per heavy atom. The Morgan fingerprint density at radius 1 is 1.20 bits per heavy atom. The van der Waals surface area contributed by atoms with Crippen LogP contribution in [0.5, 0.6) is 5.75 Å². The first kappa shape index (κ1) is 13.3. The first-order valence-corrected chi connectivity index (χ1v) is 6.92. The average molecular weight is 271 g/mol. The molecule has 1 aliphatic rings. The van der Waals surface area contributed by atoms with Crippen molar-refractivity contribution >= 4 is 0 Å². The number of para-hydroxylation sites is 1. The SMILES string of the molecule is COc1ccccc1C1(N)c2cc(C)oc2CC1(C)C. The van der Waals surface area contributed by atoms with Gasteiger partial charge in [-0.2, -0.15) is 0 Å². The third-order valence-electron chi connectivity index (χ3n) is 4.56. The van der Waals surface area contributed by atoms with Crippen molar-refractivity contribution in [3.8, 4) is 5.75 Å². The molecule has 0 saturated carbocycles. The second-order valence-electron chi connectivity index (χ2n) is 6.26. The van der Waals surface area contributed by atoms with Crippen LogP contribution >= 0.6 is 0 Å². The maximum atomic E-state index is 6.92. The van der Waals surface area contributed by atoms with E-state index < -0.39 is 5.54 Å². The monoisotopic (exact) mass is 271 g/mol. The van der Waals surface area contributed by atoms with Crippen LogP contribution in [0.3, 0.4) is 0 Å². The van der Waals surface area contributed by atoms with Crippen molar-refractivity contribution in [1.82, 2.24) is 0 Å². The Hall–Kier alpha value is -1.74. The maximum Gasteiger partial charge on any atom is 0.124 e. The Bertz CT molecular complexity index is 657. The van der Waals surface area contributed by atoms with Gasteiger partial charge in [0, 0.05) is 17.5 Å². The molecule has 1 aromatic heterocycles. The first-order valence-electron chi connectivity index (χ1n) is 6.92. The molecule has 2 aromatic rings. The van der Waals surface area contributed by atoms with Crippen LogP contribution in [-0.4, -0.2) is 7.11 Å². The largest absolute Gasteiger partial charge is 0.496 e. The fourth-order valence-corrected chi connectivity index (χ4v) is 3.41. The highest BCUT2D eigenvalue weighted by atomic mass is 16.5. The highest BCUT2D eigenvalue weighted by Gasteiger charge is 2.54. The van der Waals surface area contributed by atoms with Crippen LogP contribution in [0.4, 0.5) is 0 Å². The minimum Gasteiger partial charge on any atom is -0.496 e. The van der Waals surface area contributed by atoms with E-state index in [4.69, 9.17) is 14.9 Å². The molecule has 0 bridgehead atoms. The third kappa shape index (κ3) is 1.56. The molecular formula is C17H21NO2. The predicted molar refractivity (Wildman–Crippen MR) is 78.9 cm³/mol. The summed E-state index contributed by atoms with van der Waals surface area (Å²) in [4.78, 5) is 0. The van der Waals surface area contributed by atoms with Crippen LogP contribution < -0.4 is 10.5 Å². The van der Waals surface area contributed by atoms with Crippen LogP contribution in [0.1, 0.15) is 36.5 Å². The van der Waals surface area contributed by atoms with Gasteiger partial charge in [0.25, 0.3) is 0 Å². The second-order valence-corrected chi connectivity index (χ2v) is 6.26. The molecule has 1 atom stereocenters. The summed E-state index contributed by atoms with van der Waals surface area (Å²) in [5.41, 5.74) is 8.32. The van der Waals surface area contributed by atoms with E-state index in [1.54, 1.807) is 7.11 Å². The molecule has 2 N–H and O–H groups in total. The lowest BCUT2D eigenvalue weighted by molar-refractivity contribution is 0.221. The lowest BCUT2D eigenvalue weighted by Gasteiger charge is -2.39. The van der Waals surface area contributed by atoms with Gasteiger partial charge in [-0.15, -0.1) is 0 Å². The predicted octanol–water partition coefficient (Wildman–Crippen LogP) is 3.38. The zero-order chi connectivity index (χ0) is 14.5. The minimum atomic E-state index is -0.591. The number of benzene rings is 1. The molecule has 1 aliphatic carbocycles. The van der Waals surface area contributed by atoms with Crippen molar-refractivity contribution in [2.24, 2.45) is 11.1 Å². The number of hydrogen-bond acceptors (Lipinski definition) is 3. The summed E-state index contributed by atoms with van der Waals surface area (Å²) in [5, 5.41) is 0. The zero-order valence-electron chi connectivity index (χ0n) is 12.5. The normalized spacial score (nSPS) is 23.6. The number of rotatable bonds is 2. The summed E-state index contributed by atoms with van der Waals surface area (Å²) in [6.45, 7) is 6.34. The van der Waals surface area contributed by atoms with E-state index in [2.05, 4.69) is 26.0 Å². The second kappa shape index (κ2) is 4.13. The van der Waals surface area contributed by atoms with Gasteiger partial charge in [-0.3, -0.25) is 0 Å². The summed E-state index contributed by atoms with van der Waals surface area (Å²) >= 11 is 0. The van der Waals surface area contributed by atoms with Gasteiger partial charge < -0.3 is 14.9 Å². The van der Waals surface area contributed by atoms with E-state index in [9.17, 15) is 0 Å². The average Bonchev–Trinajstić information content (AvgIpc) is 2.85. The fraction of sp³-hybridized carbons (Fsp3) is 0.412. The van der Waals surface area contributed by atoms with Crippen LogP contribution in [0.25, 0.3) is 0 Å². The first-order chi connectivity index (χ1) is 9.40. The Labute approximate surface area is 119 Å². The van der Waals surface area contributed by atoms with Gasteiger partial charge in [0.2, 0.25) is 0 Å². The lowest BCUT2D eigenvalue weighted by Crippen LogP contribution is -2.48. The highest BCUT2D eigenvalue weighted by molar-refractivity contribution is 5.52. The van der Waals surface area contributed by atoms with Gasteiger partial charge in [0.15, 0.2) is 0 Å². The summed E-state index contributed by atoms with van der Waals surface area (Å²) < 4.78 is 11.4. The quantitative estimate of drug-likeness (QED) is 0.911. The lowest BCUT2D eigenvalue weighted by atomic mass is 9.69. The molecule has 1 heterocycles. The molecule has 0 saturated heterocycles. The van der Waals surface area contributed by atoms with Gasteiger partial charge in [0.05, 0.1) is 12.6 Å². The van der Waals surface area contributed by atoms with Crippen molar-refractivity contribution in [1.29, 1.82) is 0 Å². The molecule has 106 valence electrons. The molecular weight excluding hydrogens is 250 g/mol. The maximum absolute atomic E-state index is 6.92. The fourth-order valence-electron chi connectivity index (χ4n) is 3.41. The van der Waals surface area contributed by atoms with Crippen molar-refractivity contribution in [2.75, 3.05) is 7.11 Å². The van der Waals surface area contributed by atoms with Gasteiger partial charge in [0.1, 0.15) is 17.3 Å². The van der Waals surface area contributed by atoms with E-state index in [-0.39, 0.29) is 5.41 Å². The zero-order valence-corrected chi connectivity index (χ0v) is 12.5. The van der Waals surface area contributed by atoms with E-state index in [0.29, 0.717) is 0 Å². The van der Waals surface area contributed by atoms with Gasteiger partial charge >= 0.3 is 0 Å². The van der Waals surface area contributed by atoms with Crippen molar-refractivity contribution in [3.05, 3.63) is 53.0 Å². The Balaban J connectivity index is 2.27. The number of furan rings is 1. The van der Waals surface area contributed by atoms with E-state index in [0.717, 1.165) is 34.8 Å². The molecule has 20 heavy (non-hydrogen) atoms. The van der Waals surface area contributed by atoms with Crippen LogP contribution in [0.15, 0.2) is 34.7 Å². The van der Waals surface area contributed by atoms with Crippen LogP contribution in [-0.2, 0) is 12.0 Å². The topological polar surface area (TPSA) is 48.4 Å². The number of aryl methyl sites for hydroxylation is 1. The van der Waals surface area contributed by atoms with Crippen molar-refractivity contribution in [3.63, 3.8) is 0 Å². The van der Waals surface area contributed by atoms with Gasteiger partial charge in [-0.25, -0.2) is 0 Å². The molecule has 0 fully saturated rings. The smallest absolute Gasteiger partial charge is 0.124 e. The van der Waals surface area contributed by atoms with Crippen LogP contribution in [0, 0.1) is 12.3 Å². The summed E-state index contributed by atoms with van der Waals surface area (Å²) in [7, 11) is 1.69. The van der Waals surface area contributed by atoms with E-state index >= 15 is 0 Å². The van der Waals surface area contributed by atoms with Crippen molar-refractivity contribution < 1.29 is 9.15 Å². The Kier molecular flexibility index (Phi) is 2.73. The molecule has 1 aromatic carbocycles. The van der Waals surface area contributed by atoms with E-state index in [1.165, 1.54) is 0 Å². The highest BCUT2D eigenvalue weighted by Crippen LogP contribution is 2.54. The number of fused-ring (bicyclic) bond motifs is 1. The molecule has 1 unspecified atom stereocenters. The molecule has 0 amide bonds. The summed E-state index contributed by atoms with van der Waals surface area (Å²) in [5.74, 6) is 2.74. The summed E-state index contributed by atoms with van der Waals surface area (Å²) in [6.07, 6.45) is 0.838. The van der Waals surface area contributed by atoms with Crippen molar-refractivity contribution in [2.45, 2.75) is 32.7 Å². The number of methoxy groups -OCH3 is 1. The summed E-state index contributed by atoms with van der Waals surface area (Å²) in [6, 6.07) is 10.1. The standard InChI is InChI=1S/C17H21NO2/c1-11-9-13-15(20-11)10-16(2,3)17(13,18)12-7-5-6-8-14(12)19-4/h5-9H,10,18H2,1-4H3. The molecule has 0 radical (unpaired) electrons.